The first-order chi connectivity index (χ1) is 40.8. The molecular weight excluding hydrogens is 1170 g/mol. The Bertz CT molecular complexity index is 3380. The van der Waals surface area contributed by atoms with Crippen molar-refractivity contribution >= 4 is 75.2 Å². The fraction of sp³-hybridized carbons (Fsp3) is 0.324. The molecular formula is C74H88Br2N4O4. The molecule has 4 unspecified atom stereocenters. The highest BCUT2D eigenvalue weighted by Crippen LogP contribution is 2.50. The van der Waals surface area contributed by atoms with E-state index in [0.29, 0.717) is 24.6 Å². The Kier molecular flexibility index (Phi) is 25.9. The van der Waals surface area contributed by atoms with Crippen molar-refractivity contribution in [3.63, 3.8) is 0 Å². The van der Waals surface area contributed by atoms with Crippen LogP contribution < -0.4 is 9.47 Å². The summed E-state index contributed by atoms with van der Waals surface area (Å²) in [6.07, 6.45) is 4.92. The van der Waals surface area contributed by atoms with Crippen LogP contribution in [0, 0.1) is 0 Å². The van der Waals surface area contributed by atoms with Crippen molar-refractivity contribution < 1.29 is 19.7 Å². The lowest BCUT2D eigenvalue weighted by molar-refractivity contribution is 0.00660. The lowest BCUT2D eigenvalue weighted by Gasteiger charge is -2.38. The maximum Gasteiger partial charge on any atom is 0.217 e. The van der Waals surface area contributed by atoms with Gasteiger partial charge in [0.2, 0.25) is 11.8 Å². The van der Waals surface area contributed by atoms with Gasteiger partial charge >= 0.3 is 0 Å². The monoisotopic (exact) mass is 1250 g/mol. The molecule has 10 aromatic rings. The highest BCUT2D eigenvalue weighted by Gasteiger charge is 2.44. The minimum Gasteiger partial charge on any atom is -0.481 e. The SMILES string of the molecule is CC.CC.CC.COc1nc2ccc(Br)cc2cc1C(c1ccccc1)C(O)(CCCCN(C)C)c1ccc2ccccc2c1.COc1nc2ccc(Br)cc2cc1C(c1ccccc1)C(O)(CCCCN(C)C)c1ccc2ccccc2c1. The normalized spacial score (nSPS) is 13.2. The maximum absolute atomic E-state index is 13.0. The fourth-order valence-corrected chi connectivity index (χ4v) is 12.0. The van der Waals surface area contributed by atoms with E-state index < -0.39 is 23.0 Å². The summed E-state index contributed by atoms with van der Waals surface area (Å²) in [4.78, 5) is 14.2. The molecule has 0 saturated heterocycles. The molecule has 84 heavy (non-hydrogen) atoms. The summed E-state index contributed by atoms with van der Waals surface area (Å²) in [7, 11) is 11.7. The van der Waals surface area contributed by atoms with E-state index in [4.69, 9.17) is 19.4 Å². The zero-order valence-corrected chi connectivity index (χ0v) is 54.7. The van der Waals surface area contributed by atoms with Crippen LogP contribution in [-0.4, -0.2) is 85.5 Å². The minimum atomic E-state index is -1.20. The number of pyridine rings is 2. The molecule has 4 atom stereocenters. The quantitative estimate of drug-likeness (QED) is 0.0730. The van der Waals surface area contributed by atoms with E-state index in [-0.39, 0.29) is 0 Å². The third-order valence-electron chi connectivity index (χ3n) is 15.1. The minimum absolute atomic E-state index is 0.398. The Morgan fingerprint density at radius 1 is 0.405 bits per heavy atom. The smallest absolute Gasteiger partial charge is 0.217 e. The van der Waals surface area contributed by atoms with Gasteiger partial charge in [-0.05, 0) is 184 Å². The van der Waals surface area contributed by atoms with Crippen LogP contribution >= 0.6 is 31.9 Å². The number of hydrogen-bond acceptors (Lipinski definition) is 8. The van der Waals surface area contributed by atoms with Crippen LogP contribution in [0.3, 0.4) is 0 Å². The summed E-state index contributed by atoms with van der Waals surface area (Å²) in [5.41, 5.74) is 4.89. The van der Waals surface area contributed by atoms with Crippen molar-refractivity contribution in [1.82, 2.24) is 19.8 Å². The van der Waals surface area contributed by atoms with Crippen molar-refractivity contribution in [3.05, 3.63) is 236 Å². The molecule has 0 aliphatic rings. The van der Waals surface area contributed by atoms with Gasteiger partial charge < -0.3 is 29.5 Å². The molecule has 442 valence electrons. The number of ether oxygens (including phenoxy) is 2. The van der Waals surface area contributed by atoms with Gasteiger partial charge in [-0.3, -0.25) is 0 Å². The standard InChI is InChI=1S/2C34H35BrN2O2.3C2H6/c2*1-37(2)20-10-9-19-34(38,28-16-15-24-11-7-8-14-26(24)21-28)32(25-12-5-4-6-13-25)30-23-27-22-29(35)17-18-31(27)36-33(30)39-3;3*1-2/h2*4-8,11-18,21-23,32,38H,9-10,19-20H2,1-3H3;3*1-2H3. The summed E-state index contributed by atoms with van der Waals surface area (Å²) in [5, 5.41) is 32.6. The number of unbranched alkanes of at least 4 members (excludes halogenated alkanes) is 2. The molecule has 8 nitrogen and oxygen atoms in total. The molecule has 0 aliphatic heterocycles. The van der Waals surface area contributed by atoms with Gasteiger partial charge in [-0.15, -0.1) is 0 Å². The van der Waals surface area contributed by atoms with E-state index >= 15 is 0 Å². The largest absolute Gasteiger partial charge is 0.481 e. The Morgan fingerprint density at radius 2 is 0.750 bits per heavy atom. The molecule has 0 saturated carbocycles. The molecule has 2 aromatic heterocycles. The van der Waals surface area contributed by atoms with Gasteiger partial charge in [-0.2, -0.15) is 0 Å². The van der Waals surface area contributed by atoms with Gasteiger partial charge in [-0.25, -0.2) is 9.97 Å². The van der Waals surface area contributed by atoms with Gasteiger partial charge in [0, 0.05) is 42.7 Å². The molecule has 0 aliphatic carbocycles. The molecule has 2 N–H and O–H groups in total. The average Bonchev–Trinajstić information content (AvgIpc) is 1.30. The zero-order chi connectivity index (χ0) is 60.8. The zero-order valence-electron chi connectivity index (χ0n) is 51.5. The molecule has 8 aromatic carbocycles. The summed E-state index contributed by atoms with van der Waals surface area (Å²) < 4.78 is 13.8. The van der Waals surface area contributed by atoms with Crippen molar-refractivity contribution in [2.75, 3.05) is 55.5 Å². The number of halogens is 2. The van der Waals surface area contributed by atoms with Crippen molar-refractivity contribution in [3.8, 4) is 11.8 Å². The Hall–Kier alpha value is -6.50. The van der Waals surface area contributed by atoms with Gasteiger partial charge in [0.15, 0.2) is 0 Å². The first-order valence-corrected chi connectivity index (χ1v) is 31.5. The van der Waals surface area contributed by atoms with Crippen molar-refractivity contribution in [1.29, 1.82) is 0 Å². The molecule has 0 amide bonds. The Balaban J connectivity index is 0.000000248. The lowest BCUT2D eigenvalue weighted by Crippen LogP contribution is -2.35. The Labute approximate surface area is 518 Å². The topological polar surface area (TPSA) is 91.2 Å². The summed E-state index contributed by atoms with van der Waals surface area (Å²) in [6, 6.07) is 66.2. The number of methoxy groups -OCH3 is 2. The maximum atomic E-state index is 13.0. The Morgan fingerprint density at radius 3 is 1.10 bits per heavy atom. The van der Waals surface area contributed by atoms with Crippen LogP contribution in [0.15, 0.2) is 203 Å². The average molecular weight is 1260 g/mol. The number of benzene rings is 8. The van der Waals surface area contributed by atoms with E-state index in [1.54, 1.807) is 14.2 Å². The number of hydrogen-bond donors (Lipinski definition) is 2. The first-order valence-electron chi connectivity index (χ1n) is 29.9. The first kappa shape index (κ1) is 66.6. The second-order valence-corrected chi connectivity index (χ2v) is 22.9. The second kappa shape index (κ2) is 32.7. The molecule has 0 spiro atoms. The van der Waals surface area contributed by atoms with Crippen LogP contribution in [0.2, 0.25) is 0 Å². The van der Waals surface area contributed by atoms with E-state index in [1.165, 1.54) is 0 Å². The van der Waals surface area contributed by atoms with Crippen molar-refractivity contribution in [2.45, 2.75) is 103 Å². The van der Waals surface area contributed by atoms with Crippen LogP contribution in [0.1, 0.15) is 125 Å². The molecule has 10 rings (SSSR count). The van der Waals surface area contributed by atoms with E-state index in [2.05, 4.69) is 179 Å². The van der Waals surface area contributed by atoms with Gasteiger partial charge in [0.25, 0.3) is 0 Å². The molecule has 0 bridgehead atoms. The summed E-state index contributed by atoms with van der Waals surface area (Å²) in [5.74, 6) is 0.271. The van der Waals surface area contributed by atoms with E-state index in [1.807, 2.05) is 126 Å². The van der Waals surface area contributed by atoms with Crippen molar-refractivity contribution in [2.24, 2.45) is 0 Å². The lowest BCUT2D eigenvalue weighted by atomic mass is 9.71. The number of fused-ring (bicyclic) bond motifs is 4. The van der Waals surface area contributed by atoms with Crippen LogP contribution in [0.25, 0.3) is 43.4 Å². The molecule has 2 heterocycles. The predicted molar refractivity (Wildman–Crippen MR) is 363 cm³/mol. The van der Waals surface area contributed by atoms with Crippen LogP contribution in [0.5, 0.6) is 11.8 Å². The fourth-order valence-electron chi connectivity index (χ4n) is 11.2. The van der Waals surface area contributed by atoms with Crippen LogP contribution in [0.4, 0.5) is 0 Å². The second-order valence-electron chi connectivity index (χ2n) is 21.0. The van der Waals surface area contributed by atoms with E-state index in [9.17, 15) is 10.2 Å². The molecule has 0 radical (unpaired) electrons. The third kappa shape index (κ3) is 16.5. The summed E-state index contributed by atoms with van der Waals surface area (Å²) in [6.45, 7) is 13.9. The summed E-state index contributed by atoms with van der Waals surface area (Å²) >= 11 is 7.23. The van der Waals surface area contributed by atoms with Gasteiger partial charge in [-0.1, -0.05) is 207 Å². The van der Waals surface area contributed by atoms with Crippen LogP contribution in [-0.2, 0) is 11.2 Å². The predicted octanol–water partition coefficient (Wildman–Crippen LogP) is 18.9. The molecule has 10 heteroatoms. The van der Waals surface area contributed by atoms with E-state index in [0.717, 1.165) is 124 Å². The number of aromatic nitrogens is 2. The molecule has 0 fully saturated rings. The third-order valence-corrected chi connectivity index (χ3v) is 16.1. The highest BCUT2D eigenvalue weighted by molar-refractivity contribution is 9.10. The number of rotatable bonds is 20. The highest BCUT2D eigenvalue weighted by atomic mass is 79.9. The van der Waals surface area contributed by atoms with Gasteiger partial charge in [0.05, 0.1) is 25.3 Å². The number of aliphatic hydroxyl groups is 2. The number of nitrogens with zero attached hydrogens (tertiary/aromatic N) is 4. The van der Waals surface area contributed by atoms with Gasteiger partial charge in [0.1, 0.15) is 11.2 Å².